The molecule has 0 heterocycles. The molecular formula is C12H20N2O2. The Morgan fingerprint density at radius 3 is 2.81 bits per heavy atom. The summed E-state index contributed by atoms with van der Waals surface area (Å²) < 4.78 is 5.07. The minimum atomic E-state index is 0.223. The van der Waals surface area contributed by atoms with E-state index in [1.807, 2.05) is 12.1 Å². The third-order valence-electron chi connectivity index (χ3n) is 2.52. The molecule has 0 radical (unpaired) electrons. The number of nitrogens with two attached hydrogens (primary N) is 1. The van der Waals surface area contributed by atoms with Crippen LogP contribution in [-0.4, -0.2) is 25.4 Å². The lowest BCUT2D eigenvalue weighted by Gasteiger charge is -2.14. The number of methoxy groups -OCH3 is 1. The van der Waals surface area contributed by atoms with Gasteiger partial charge in [-0.15, -0.1) is 0 Å². The molecule has 4 N–H and O–H groups in total. The number of rotatable bonds is 6. The highest BCUT2D eigenvalue weighted by Gasteiger charge is 2.04. The van der Waals surface area contributed by atoms with Gasteiger partial charge in [-0.3, -0.25) is 0 Å². The molecule has 0 aliphatic rings. The van der Waals surface area contributed by atoms with Crippen LogP contribution in [0.25, 0.3) is 0 Å². The van der Waals surface area contributed by atoms with Gasteiger partial charge in [-0.1, -0.05) is 6.92 Å². The molecule has 1 rings (SSSR count). The van der Waals surface area contributed by atoms with Gasteiger partial charge in [-0.05, 0) is 24.5 Å². The highest BCUT2D eigenvalue weighted by molar-refractivity contribution is 5.68. The predicted molar refractivity (Wildman–Crippen MR) is 66.8 cm³/mol. The Kier molecular flexibility index (Phi) is 4.92. The van der Waals surface area contributed by atoms with Crippen molar-refractivity contribution in [2.75, 3.05) is 31.3 Å². The Morgan fingerprint density at radius 2 is 2.25 bits per heavy atom. The highest BCUT2D eigenvalue weighted by atomic mass is 16.5. The molecule has 4 nitrogen and oxygen atoms in total. The summed E-state index contributed by atoms with van der Waals surface area (Å²) in [5.41, 5.74) is 7.45. The number of hydrogen-bond donors (Lipinski definition) is 3. The largest absolute Gasteiger partial charge is 0.497 e. The zero-order chi connectivity index (χ0) is 12.0. The Morgan fingerprint density at radius 1 is 1.50 bits per heavy atom. The van der Waals surface area contributed by atoms with Crippen molar-refractivity contribution in [2.24, 2.45) is 5.92 Å². The first-order valence-corrected chi connectivity index (χ1v) is 5.45. The van der Waals surface area contributed by atoms with E-state index in [9.17, 15) is 0 Å². The van der Waals surface area contributed by atoms with Gasteiger partial charge >= 0.3 is 0 Å². The normalized spacial score (nSPS) is 12.2. The third kappa shape index (κ3) is 3.62. The Hall–Kier alpha value is -1.42. The van der Waals surface area contributed by atoms with Crippen molar-refractivity contribution in [3.63, 3.8) is 0 Å². The average molecular weight is 224 g/mol. The molecule has 1 aromatic rings. The van der Waals surface area contributed by atoms with Crippen LogP contribution in [0.2, 0.25) is 0 Å². The van der Waals surface area contributed by atoms with Gasteiger partial charge in [0, 0.05) is 19.2 Å². The molecule has 0 aliphatic carbocycles. The van der Waals surface area contributed by atoms with Gasteiger partial charge in [0.15, 0.2) is 0 Å². The van der Waals surface area contributed by atoms with E-state index in [1.165, 1.54) is 0 Å². The number of benzene rings is 1. The number of nitrogens with one attached hydrogen (secondary N) is 1. The first-order valence-electron chi connectivity index (χ1n) is 5.45. The van der Waals surface area contributed by atoms with Gasteiger partial charge in [-0.25, -0.2) is 0 Å². The van der Waals surface area contributed by atoms with Crippen LogP contribution in [0.15, 0.2) is 18.2 Å². The fraction of sp³-hybridized carbons (Fsp3) is 0.500. The van der Waals surface area contributed by atoms with E-state index < -0.39 is 0 Å². The van der Waals surface area contributed by atoms with Crippen molar-refractivity contribution in [3.05, 3.63) is 18.2 Å². The smallest absolute Gasteiger partial charge is 0.121 e. The van der Waals surface area contributed by atoms with Crippen LogP contribution in [0.4, 0.5) is 11.4 Å². The Balaban J connectivity index is 2.54. The van der Waals surface area contributed by atoms with Crippen LogP contribution in [0, 0.1) is 5.92 Å². The van der Waals surface area contributed by atoms with E-state index >= 15 is 0 Å². The van der Waals surface area contributed by atoms with Gasteiger partial charge in [-0.2, -0.15) is 0 Å². The molecule has 0 bridgehead atoms. The van der Waals surface area contributed by atoms with Gasteiger partial charge in [0.2, 0.25) is 0 Å². The number of nitrogen functional groups attached to an aromatic ring is 1. The van der Waals surface area contributed by atoms with Gasteiger partial charge < -0.3 is 20.9 Å². The van der Waals surface area contributed by atoms with E-state index in [4.69, 9.17) is 15.6 Å². The van der Waals surface area contributed by atoms with Crippen LogP contribution >= 0.6 is 0 Å². The first kappa shape index (κ1) is 12.6. The van der Waals surface area contributed by atoms with Crippen molar-refractivity contribution in [3.8, 4) is 5.75 Å². The van der Waals surface area contributed by atoms with Gasteiger partial charge in [0.1, 0.15) is 5.75 Å². The lowest BCUT2D eigenvalue weighted by Crippen LogP contribution is -2.13. The number of anilines is 2. The SMILES string of the molecule is COc1ccc(NCC(C)CCO)c(N)c1. The summed E-state index contributed by atoms with van der Waals surface area (Å²) in [5.74, 6) is 1.18. The monoisotopic (exact) mass is 224 g/mol. The fourth-order valence-corrected chi connectivity index (χ4v) is 1.44. The highest BCUT2D eigenvalue weighted by Crippen LogP contribution is 2.24. The maximum atomic E-state index is 8.79. The topological polar surface area (TPSA) is 67.5 Å². The third-order valence-corrected chi connectivity index (χ3v) is 2.52. The van der Waals surface area contributed by atoms with E-state index in [2.05, 4.69) is 12.2 Å². The molecule has 1 unspecified atom stereocenters. The van der Waals surface area contributed by atoms with Crippen molar-refractivity contribution in [2.45, 2.75) is 13.3 Å². The molecule has 16 heavy (non-hydrogen) atoms. The average Bonchev–Trinajstić information content (AvgIpc) is 2.27. The summed E-state index contributed by atoms with van der Waals surface area (Å²) in [4.78, 5) is 0. The summed E-state index contributed by atoms with van der Waals surface area (Å²) >= 11 is 0. The molecule has 0 amide bonds. The van der Waals surface area contributed by atoms with E-state index in [0.717, 1.165) is 24.4 Å². The zero-order valence-electron chi connectivity index (χ0n) is 9.86. The molecule has 0 saturated carbocycles. The molecule has 4 heteroatoms. The Bertz CT molecular complexity index is 329. The van der Waals surface area contributed by atoms with Gasteiger partial charge in [0.25, 0.3) is 0 Å². The van der Waals surface area contributed by atoms with Crippen LogP contribution in [0.1, 0.15) is 13.3 Å². The molecule has 90 valence electrons. The fourth-order valence-electron chi connectivity index (χ4n) is 1.44. The van der Waals surface area contributed by atoms with Crippen LogP contribution in [0.5, 0.6) is 5.75 Å². The van der Waals surface area contributed by atoms with Gasteiger partial charge in [0.05, 0.1) is 18.5 Å². The number of hydrogen-bond acceptors (Lipinski definition) is 4. The molecule has 1 atom stereocenters. The molecule has 0 saturated heterocycles. The summed E-state index contributed by atoms with van der Waals surface area (Å²) in [6, 6.07) is 5.56. The maximum absolute atomic E-state index is 8.79. The lowest BCUT2D eigenvalue weighted by molar-refractivity contribution is 0.266. The molecule has 1 aromatic carbocycles. The standard InChI is InChI=1S/C12H20N2O2/c1-9(5-6-15)8-14-12-4-3-10(16-2)7-11(12)13/h3-4,7,9,14-15H,5-6,8,13H2,1-2H3. The van der Waals surface area contributed by atoms with Crippen molar-refractivity contribution in [1.82, 2.24) is 0 Å². The summed E-state index contributed by atoms with van der Waals surface area (Å²) in [5, 5.41) is 12.0. The second-order valence-corrected chi connectivity index (χ2v) is 3.95. The lowest BCUT2D eigenvalue weighted by atomic mass is 10.1. The van der Waals surface area contributed by atoms with Crippen LogP contribution < -0.4 is 15.8 Å². The minimum absolute atomic E-state index is 0.223. The molecule has 0 aliphatic heterocycles. The number of ether oxygens (including phenoxy) is 1. The Labute approximate surface area is 96.4 Å². The first-order chi connectivity index (χ1) is 7.67. The van der Waals surface area contributed by atoms with Crippen LogP contribution in [-0.2, 0) is 0 Å². The van der Waals surface area contributed by atoms with E-state index in [-0.39, 0.29) is 6.61 Å². The van der Waals surface area contributed by atoms with Crippen molar-refractivity contribution in [1.29, 1.82) is 0 Å². The number of aliphatic hydroxyl groups is 1. The summed E-state index contributed by atoms with van der Waals surface area (Å²) in [6.07, 6.45) is 0.795. The predicted octanol–water partition coefficient (Wildman–Crippen LogP) is 1.71. The molecule has 0 fully saturated rings. The second-order valence-electron chi connectivity index (χ2n) is 3.95. The zero-order valence-corrected chi connectivity index (χ0v) is 9.86. The van der Waals surface area contributed by atoms with E-state index in [0.29, 0.717) is 11.6 Å². The quantitative estimate of drug-likeness (QED) is 0.643. The van der Waals surface area contributed by atoms with Crippen molar-refractivity contribution >= 4 is 11.4 Å². The maximum Gasteiger partial charge on any atom is 0.121 e. The molecule has 0 aromatic heterocycles. The summed E-state index contributed by atoms with van der Waals surface area (Å²) in [6.45, 7) is 3.11. The second kappa shape index (κ2) is 6.23. The van der Waals surface area contributed by atoms with Crippen LogP contribution in [0.3, 0.4) is 0 Å². The van der Waals surface area contributed by atoms with Crippen molar-refractivity contribution < 1.29 is 9.84 Å². The van der Waals surface area contributed by atoms with E-state index in [1.54, 1.807) is 13.2 Å². The summed E-state index contributed by atoms with van der Waals surface area (Å²) in [7, 11) is 1.62. The minimum Gasteiger partial charge on any atom is -0.497 e. The number of aliphatic hydroxyl groups excluding tert-OH is 1. The molecule has 0 spiro atoms. The molecular weight excluding hydrogens is 204 g/mol.